The van der Waals surface area contributed by atoms with Crippen molar-refractivity contribution in [2.45, 2.75) is 38.2 Å². The van der Waals surface area contributed by atoms with Crippen molar-refractivity contribution >= 4 is 0 Å². The fourth-order valence-corrected chi connectivity index (χ4v) is 2.53. The first-order valence-electron chi connectivity index (χ1n) is 6.95. The standard InChI is InChI=1S/C15H21N3O2/c1-3-15(4-2,11-8-6-5-7-9-11)14-17-13(20-18-14)12(19)10-16/h5-9,12,19H,3-4,10,16H2,1-2H3. The van der Waals surface area contributed by atoms with Crippen molar-refractivity contribution in [3.63, 3.8) is 0 Å². The van der Waals surface area contributed by atoms with E-state index < -0.39 is 6.10 Å². The second-order valence-electron chi connectivity index (χ2n) is 4.86. The summed E-state index contributed by atoms with van der Waals surface area (Å²) in [5.74, 6) is 0.793. The van der Waals surface area contributed by atoms with Gasteiger partial charge in [-0.1, -0.05) is 49.3 Å². The minimum Gasteiger partial charge on any atom is -0.382 e. The van der Waals surface area contributed by atoms with Crippen molar-refractivity contribution in [3.05, 3.63) is 47.6 Å². The summed E-state index contributed by atoms with van der Waals surface area (Å²) < 4.78 is 5.16. The molecule has 0 spiro atoms. The zero-order valence-electron chi connectivity index (χ0n) is 11.9. The van der Waals surface area contributed by atoms with Gasteiger partial charge in [-0.2, -0.15) is 4.98 Å². The predicted molar refractivity (Wildman–Crippen MR) is 76.1 cm³/mol. The first-order chi connectivity index (χ1) is 9.67. The van der Waals surface area contributed by atoms with Gasteiger partial charge >= 0.3 is 0 Å². The molecule has 3 N–H and O–H groups in total. The van der Waals surface area contributed by atoms with Crippen LogP contribution in [0.3, 0.4) is 0 Å². The number of hydrogen-bond acceptors (Lipinski definition) is 5. The Morgan fingerprint density at radius 2 is 1.90 bits per heavy atom. The molecule has 0 aliphatic carbocycles. The van der Waals surface area contributed by atoms with Crippen LogP contribution in [0.25, 0.3) is 0 Å². The highest BCUT2D eigenvalue weighted by molar-refractivity contribution is 5.32. The molecule has 108 valence electrons. The molecule has 1 unspecified atom stereocenters. The van der Waals surface area contributed by atoms with Gasteiger partial charge in [0, 0.05) is 6.54 Å². The van der Waals surface area contributed by atoms with E-state index in [-0.39, 0.29) is 17.9 Å². The van der Waals surface area contributed by atoms with E-state index in [2.05, 4.69) is 36.1 Å². The Labute approximate surface area is 118 Å². The third-order valence-corrected chi connectivity index (χ3v) is 3.91. The number of nitrogens with zero attached hydrogens (tertiary/aromatic N) is 2. The van der Waals surface area contributed by atoms with Crippen LogP contribution in [0.1, 0.15) is 50.1 Å². The van der Waals surface area contributed by atoms with Gasteiger partial charge in [-0.25, -0.2) is 0 Å². The molecule has 1 heterocycles. The highest BCUT2D eigenvalue weighted by Crippen LogP contribution is 2.37. The zero-order chi connectivity index (χ0) is 14.6. The van der Waals surface area contributed by atoms with Gasteiger partial charge < -0.3 is 15.4 Å². The first kappa shape index (κ1) is 14.7. The molecule has 0 fully saturated rings. The molecule has 2 rings (SSSR count). The summed E-state index contributed by atoms with van der Waals surface area (Å²) in [5.41, 5.74) is 6.28. The number of aromatic nitrogens is 2. The average molecular weight is 275 g/mol. The van der Waals surface area contributed by atoms with E-state index in [0.29, 0.717) is 5.82 Å². The van der Waals surface area contributed by atoms with Crippen molar-refractivity contribution in [2.24, 2.45) is 5.73 Å². The van der Waals surface area contributed by atoms with Gasteiger partial charge in [-0.15, -0.1) is 0 Å². The van der Waals surface area contributed by atoms with Gasteiger partial charge in [0.05, 0.1) is 5.41 Å². The molecule has 5 heteroatoms. The quantitative estimate of drug-likeness (QED) is 0.844. The van der Waals surface area contributed by atoms with E-state index in [0.717, 1.165) is 18.4 Å². The minimum absolute atomic E-state index is 0.0677. The summed E-state index contributed by atoms with van der Waals surface area (Å²) in [5, 5.41) is 13.8. The molecule has 0 amide bonds. The van der Waals surface area contributed by atoms with Crippen LogP contribution < -0.4 is 5.73 Å². The lowest BCUT2D eigenvalue weighted by Gasteiger charge is -2.28. The second-order valence-corrected chi connectivity index (χ2v) is 4.86. The zero-order valence-corrected chi connectivity index (χ0v) is 11.9. The molecule has 1 atom stereocenters. The van der Waals surface area contributed by atoms with E-state index in [1.807, 2.05) is 18.2 Å². The monoisotopic (exact) mass is 275 g/mol. The Morgan fingerprint density at radius 3 is 2.45 bits per heavy atom. The van der Waals surface area contributed by atoms with Crippen LogP contribution in [-0.2, 0) is 5.41 Å². The molecule has 1 aromatic carbocycles. The summed E-state index contributed by atoms with van der Waals surface area (Å²) in [4.78, 5) is 4.36. The molecular formula is C15H21N3O2. The van der Waals surface area contributed by atoms with Crippen LogP contribution in [0, 0.1) is 0 Å². The van der Waals surface area contributed by atoms with Gasteiger partial charge in [-0.05, 0) is 18.4 Å². The van der Waals surface area contributed by atoms with Crippen molar-refractivity contribution in [1.82, 2.24) is 10.1 Å². The highest BCUT2D eigenvalue weighted by atomic mass is 16.5. The summed E-state index contributed by atoms with van der Waals surface area (Å²) >= 11 is 0. The maximum Gasteiger partial charge on any atom is 0.256 e. The van der Waals surface area contributed by atoms with Crippen LogP contribution in [0.5, 0.6) is 0 Å². The van der Waals surface area contributed by atoms with Crippen LogP contribution in [-0.4, -0.2) is 21.8 Å². The first-order valence-corrected chi connectivity index (χ1v) is 6.95. The van der Waals surface area contributed by atoms with Crippen LogP contribution in [0.4, 0.5) is 0 Å². The lowest BCUT2D eigenvalue weighted by molar-refractivity contribution is 0.141. The van der Waals surface area contributed by atoms with E-state index in [1.165, 1.54) is 0 Å². The molecule has 5 nitrogen and oxygen atoms in total. The van der Waals surface area contributed by atoms with Gasteiger partial charge in [0.2, 0.25) is 0 Å². The lowest BCUT2D eigenvalue weighted by atomic mass is 9.75. The van der Waals surface area contributed by atoms with E-state index >= 15 is 0 Å². The smallest absolute Gasteiger partial charge is 0.256 e. The van der Waals surface area contributed by atoms with Gasteiger partial charge in [0.1, 0.15) is 6.10 Å². The van der Waals surface area contributed by atoms with E-state index in [1.54, 1.807) is 0 Å². The number of hydrogen-bond donors (Lipinski definition) is 2. The second kappa shape index (κ2) is 6.15. The normalized spacial score (nSPS) is 13.4. The third-order valence-electron chi connectivity index (χ3n) is 3.91. The molecule has 0 saturated heterocycles. The Balaban J connectivity index is 2.46. The third kappa shape index (κ3) is 2.46. The Bertz CT molecular complexity index is 535. The summed E-state index contributed by atoms with van der Waals surface area (Å²) in [6, 6.07) is 10.1. The molecule has 0 aliphatic rings. The fraction of sp³-hybridized carbons (Fsp3) is 0.467. The Morgan fingerprint density at radius 1 is 1.25 bits per heavy atom. The Kier molecular flexibility index (Phi) is 4.52. The number of benzene rings is 1. The largest absolute Gasteiger partial charge is 0.382 e. The van der Waals surface area contributed by atoms with Crippen LogP contribution in [0.15, 0.2) is 34.9 Å². The summed E-state index contributed by atoms with van der Waals surface area (Å²) in [6.45, 7) is 4.27. The van der Waals surface area contributed by atoms with E-state index in [9.17, 15) is 5.11 Å². The molecular weight excluding hydrogens is 254 g/mol. The van der Waals surface area contributed by atoms with Gasteiger partial charge in [0.15, 0.2) is 5.82 Å². The molecule has 1 aromatic heterocycles. The maximum atomic E-state index is 9.70. The molecule has 0 bridgehead atoms. The number of aliphatic hydroxyl groups is 1. The van der Waals surface area contributed by atoms with Gasteiger partial charge in [0.25, 0.3) is 5.89 Å². The van der Waals surface area contributed by atoms with Gasteiger partial charge in [-0.3, -0.25) is 0 Å². The van der Waals surface area contributed by atoms with Crippen LogP contribution in [0.2, 0.25) is 0 Å². The Hall–Kier alpha value is -1.72. The number of aliphatic hydroxyl groups excluding tert-OH is 1. The van der Waals surface area contributed by atoms with Crippen LogP contribution >= 0.6 is 0 Å². The highest BCUT2D eigenvalue weighted by Gasteiger charge is 2.36. The van der Waals surface area contributed by atoms with Crippen molar-refractivity contribution in [2.75, 3.05) is 6.54 Å². The van der Waals surface area contributed by atoms with Crippen molar-refractivity contribution < 1.29 is 9.63 Å². The fourth-order valence-electron chi connectivity index (χ4n) is 2.53. The predicted octanol–water partition coefficient (Wildman–Crippen LogP) is 2.17. The topological polar surface area (TPSA) is 85.2 Å². The molecule has 20 heavy (non-hydrogen) atoms. The molecule has 0 aliphatic heterocycles. The number of nitrogens with two attached hydrogens (primary N) is 1. The number of rotatable bonds is 6. The molecule has 0 saturated carbocycles. The minimum atomic E-state index is -0.904. The van der Waals surface area contributed by atoms with Crippen molar-refractivity contribution in [3.8, 4) is 0 Å². The van der Waals surface area contributed by atoms with Crippen molar-refractivity contribution in [1.29, 1.82) is 0 Å². The van der Waals surface area contributed by atoms with E-state index in [4.69, 9.17) is 10.3 Å². The summed E-state index contributed by atoms with van der Waals surface area (Å²) in [7, 11) is 0. The SMILES string of the molecule is CCC(CC)(c1ccccc1)c1noc(C(O)CN)n1. The summed E-state index contributed by atoms with van der Waals surface area (Å²) in [6.07, 6.45) is 0.801. The molecule has 2 aromatic rings. The molecule has 0 radical (unpaired) electrons. The lowest BCUT2D eigenvalue weighted by Crippen LogP contribution is -2.27. The maximum absolute atomic E-state index is 9.70. The average Bonchev–Trinajstić information content (AvgIpc) is 3.00.